The van der Waals surface area contributed by atoms with Gasteiger partial charge in [-0.25, -0.2) is 4.39 Å². The van der Waals surface area contributed by atoms with Crippen molar-refractivity contribution in [3.05, 3.63) is 35.1 Å². The number of primary amides is 1. The molecular formula is C11H15FN2O2. The molecule has 88 valence electrons. The molecule has 0 saturated heterocycles. The van der Waals surface area contributed by atoms with E-state index < -0.39 is 5.91 Å². The van der Waals surface area contributed by atoms with Gasteiger partial charge in [0, 0.05) is 24.2 Å². The second kappa shape index (κ2) is 5.58. The number of amides is 1. The van der Waals surface area contributed by atoms with Crippen molar-refractivity contribution in [3.63, 3.8) is 0 Å². The Hall–Kier alpha value is -1.46. The predicted octanol–water partition coefficient (Wildman–Crippen LogP) is 0.349. The van der Waals surface area contributed by atoms with Crippen LogP contribution >= 0.6 is 0 Å². The predicted molar refractivity (Wildman–Crippen MR) is 58.3 cm³/mol. The van der Waals surface area contributed by atoms with E-state index in [9.17, 15) is 9.18 Å². The quantitative estimate of drug-likeness (QED) is 0.761. The smallest absolute Gasteiger partial charge is 0.248 e. The third-order valence-corrected chi connectivity index (χ3v) is 2.25. The fraction of sp³-hybridized carbons (Fsp3) is 0.364. The van der Waals surface area contributed by atoms with E-state index in [4.69, 9.17) is 10.8 Å². The second-order valence-electron chi connectivity index (χ2n) is 3.63. The van der Waals surface area contributed by atoms with Crippen LogP contribution < -0.4 is 5.73 Å². The lowest BCUT2D eigenvalue weighted by Gasteiger charge is -2.15. The topological polar surface area (TPSA) is 66.6 Å². The molecule has 16 heavy (non-hydrogen) atoms. The number of aliphatic hydroxyl groups is 1. The van der Waals surface area contributed by atoms with Gasteiger partial charge in [0.1, 0.15) is 5.82 Å². The van der Waals surface area contributed by atoms with Crippen LogP contribution in [-0.4, -0.2) is 36.1 Å². The highest BCUT2D eigenvalue weighted by molar-refractivity contribution is 5.92. The molecule has 0 unspecified atom stereocenters. The van der Waals surface area contributed by atoms with E-state index in [1.54, 1.807) is 11.9 Å². The summed E-state index contributed by atoms with van der Waals surface area (Å²) in [7, 11) is 1.76. The summed E-state index contributed by atoms with van der Waals surface area (Å²) in [5.74, 6) is -0.958. The third-order valence-electron chi connectivity index (χ3n) is 2.25. The third kappa shape index (κ3) is 3.29. The number of benzene rings is 1. The summed E-state index contributed by atoms with van der Waals surface area (Å²) in [6, 6.07) is 4.01. The van der Waals surface area contributed by atoms with Gasteiger partial charge in [0.15, 0.2) is 0 Å². The van der Waals surface area contributed by atoms with Crippen LogP contribution in [0.15, 0.2) is 18.2 Å². The first-order valence-electron chi connectivity index (χ1n) is 4.92. The van der Waals surface area contributed by atoms with Crippen molar-refractivity contribution in [1.29, 1.82) is 0 Å². The summed E-state index contributed by atoms with van der Waals surface area (Å²) in [6.45, 7) is 0.779. The van der Waals surface area contributed by atoms with Crippen molar-refractivity contribution in [2.24, 2.45) is 5.73 Å². The van der Waals surface area contributed by atoms with Gasteiger partial charge in [0.2, 0.25) is 5.91 Å². The van der Waals surface area contributed by atoms with Crippen molar-refractivity contribution in [3.8, 4) is 0 Å². The number of hydrogen-bond acceptors (Lipinski definition) is 3. The summed E-state index contributed by atoms with van der Waals surface area (Å²) < 4.78 is 13.4. The first-order chi connectivity index (χ1) is 7.54. The lowest BCUT2D eigenvalue weighted by molar-refractivity contribution is 0.1000. The van der Waals surface area contributed by atoms with E-state index in [2.05, 4.69) is 0 Å². The Morgan fingerprint density at radius 1 is 1.56 bits per heavy atom. The zero-order valence-corrected chi connectivity index (χ0v) is 9.11. The normalized spacial score (nSPS) is 10.8. The van der Waals surface area contributed by atoms with Crippen molar-refractivity contribution in [1.82, 2.24) is 4.90 Å². The summed E-state index contributed by atoms with van der Waals surface area (Å²) >= 11 is 0. The van der Waals surface area contributed by atoms with Gasteiger partial charge in [0.05, 0.1) is 6.61 Å². The highest BCUT2D eigenvalue weighted by Crippen LogP contribution is 2.12. The number of likely N-dealkylation sites (N-methyl/N-ethyl adjacent to an activating group) is 1. The lowest BCUT2D eigenvalue weighted by Crippen LogP contribution is -2.22. The van der Waals surface area contributed by atoms with Crippen LogP contribution in [0.5, 0.6) is 0 Å². The largest absolute Gasteiger partial charge is 0.395 e. The maximum atomic E-state index is 13.4. The number of hydrogen-bond donors (Lipinski definition) is 2. The molecule has 1 aromatic rings. The molecule has 0 fully saturated rings. The number of halogens is 1. The lowest BCUT2D eigenvalue weighted by atomic mass is 10.1. The van der Waals surface area contributed by atoms with E-state index in [0.29, 0.717) is 18.7 Å². The molecule has 0 aromatic heterocycles. The minimum absolute atomic E-state index is 0.00757. The van der Waals surface area contributed by atoms with E-state index in [1.807, 2.05) is 0 Å². The van der Waals surface area contributed by atoms with E-state index in [0.717, 1.165) is 0 Å². The summed E-state index contributed by atoms with van der Waals surface area (Å²) in [4.78, 5) is 12.7. The number of aliphatic hydroxyl groups excluding tert-OH is 1. The van der Waals surface area contributed by atoms with E-state index >= 15 is 0 Å². The van der Waals surface area contributed by atoms with Gasteiger partial charge in [-0.15, -0.1) is 0 Å². The van der Waals surface area contributed by atoms with Crippen LogP contribution in [0.3, 0.4) is 0 Å². The van der Waals surface area contributed by atoms with Gasteiger partial charge in [-0.2, -0.15) is 0 Å². The molecule has 3 N–H and O–H groups in total. The SMILES string of the molecule is CN(CCO)Cc1cc(C(N)=O)ccc1F. The molecule has 0 atom stereocenters. The summed E-state index contributed by atoms with van der Waals surface area (Å²) in [5, 5.41) is 8.72. The van der Waals surface area contributed by atoms with Gasteiger partial charge >= 0.3 is 0 Å². The van der Waals surface area contributed by atoms with E-state index in [-0.39, 0.29) is 18.0 Å². The second-order valence-corrected chi connectivity index (χ2v) is 3.63. The molecule has 0 saturated carbocycles. The zero-order valence-electron chi connectivity index (χ0n) is 9.11. The van der Waals surface area contributed by atoms with Gasteiger partial charge in [-0.3, -0.25) is 9.69 Å². The molecule has 0 aliphatic heterocycles. The Bertz CT molecular complexity index is 382. The molecular weight excluding hydrogens is 211 g/mol. The Morgan fingerprint density at radius 2 is 2.25 bits per heavy atom. The molecule has 4 nitrogen and oxygen atoms in total. The van der Waals surface area contributed by atoms with Crippen LogP contribution in [0.25, 0.3) is 0 Å². The first-order valence-corrected chi connectivity index (χ1v) is 4.92. The van der Waals surface area contributed by atoms with Crippen LogP contribution in [0.2, 0.25) is 0 Å². The van der Waals surface area contributed by atoms with Gasteiger partial charge < -0.3 is 10.8 Å². The molecule has 1 amide bonds. The highest BCUT2D eigenvalue weighted by Gasteiger charge is 2.09. The summed E-state index contributed by atoms with van der Waals surface area (Å²) in [6.07, 6.45) is 0. The van der Waals surface area contributed by atoms with Gasteiger partial charge in [-0.1, -0.05) is 0 Å². The molecule has 0 bridgehead atoms. The molecule has 0 heterocycles. The molecule has 0 aliphatic carbocycles. The Balaban J connectivity index is 2.85. The van der Waals surface area contributed by atoms with Gasteiger partial charge in [-0.05, 0) is 25.2 Å². The number of carbonyl (C=O) groups excluding carboxylic acids is 1. The highest BCUT2D eigenvalue weighted by atomic mass is 19.1. The van der Waals surface area contributed by atoms with Crippen LogP contribution in [0.4, 0.5) is 4.39 Å². The molecule has 1 aromatic carbocycles. The van der Waals surface area contributed by atoms with Gasteiger partial charge in [0.25, 0.3) is 0 Å². The Labute approximate surface area is 93.5 Å². The maximum absolute atomic E-state index is 13.4. The summed E-state index contributed by atoms with van der Waals surface area (Å²) in [5.41, 5.74) is 5.79. The standard InChI is InChI=1S/C11H15FN2O2/c1-14(4-5-15)7-9-6-8(11(13)16)2-3-10(9)12/h2-3,6,15H,4-5,7H2,1H3,(H2,13,16). The average Bonchev–Trinajstić information content (AvgIpc) is 2.21. The van der Waals surface area contributed by atoms with Crippen molar-refractivity contribution >= 4 is 5.91 Å². The van der Waals surface area contributed by atoms with E-state index in [1.165, 1.54) is 18.2 Å². The fourth-order valence-electron chi connectivity index (χ4n) is 1.39. The number of nitrogens with two attached hydrogens (primary N) is 1. The van der Waals surface area contributed by atoms with Crippen LogP contribution in [0, 0.1) is 5.82 Å². The first kappa shape index (κ1) is 12.6. The minimum Gasteiger partial charge on any atom is -0.395 e. The number of rotatable bonds is 5. The van der Waals surface area contributed by atoms with Crippen LogP contribution in [-0.2, 0) is 6.54 Å². The van der Waals surface area contributed by atoms with Crippen molar-refractivity contribution < 1.29 is 14.3 Å². The molecule has 0 radical (unpaired) electrons. The Kier molecular flexibility index (Phi) is 4.39. The maximum Gasteiger partial charge on any atom is 0.248 e. The fourth-order valence-corrected chi connectivity index (χ4v) is 1.39. The molecule has 0 aliphatic rings. The average molecular weight is 226 g/mol. The number of carbonyl (C=O) groups is 1. The monoisotopic (exact) mass is 226 g/mol. The van der Waals surface area contributed by atoms with Crippen molar-refractivity contribution in [2.75, 3.05) is 20.2 Å². The zero-order chi connectivity index (χ0) is 12.1. The molecule has 5 heteroatoms. The van der Waals surface area contributed by atoms with Crippen molar-refractivity contribution in [2.45, 2.75) is 6.54 Å². The van der Waals surface area contributed by atoms with Crippen LogP contribution in [0.1, 0.15) is 15.9 Å². The Morgan fingerprint density at radius 3 is 2.81 bits per heavy atom. The minimum atomic E-state index is -0.578. The molecule has 0 spiro atoms. The molecule has 1 rings (SSSR count). The number of nitrogens with zero attached hydrogens (tertiary/aromatic N) is 1.